The number of benzene rings is 2. The van der Waals surface area contributed by atoms with Crippen LogP contribution >= 0.6 is 22.6 Å². The Morgan fingerprint density at radius 3 is 2.56 bits per heavy atom. The lowest BCUT2D eigenvalue weighted by molar-refractivity contribution is -0.120. The minimum absolute atomic E-state index is 0.176. The molecule has 0 saturated carbocycles. The van der Waals surface area contributed by atoms with Gasteiger partial charge in [0.25, 0.3) is 11.8 Å². The fourth-order valence-electron chi connectivity index (χ4n) is 2.06. The van der Waals surface area contributed by atoms with Crippen molar-refractivity contribution in [2.24, 2.45) is 5.10 Å². The first-order valence-corrected chi connectivity index (χ1v) is 8.83. The molecule has 2 aromatic rings. The van der Waals surface area contributed by atoms with Crippen LogP contribution in [0, 0.1) is 3.57 Å². The van der Waals surface area contributed by atoms with E-state index >= 15 is 0 Å². The van der Waals surface area contributed by atoms with Gasteiger partial charge in [0.15, 0.2) is 11.5 Å². The number of hydrazone groups is 1. The van der Waals surface area contributed by atoms with Gasteiger partial charge in [-0.05, 0) is 64.6 Å². The van der Waals surface area contributed by atoms with E-state index in [4.69, 9.17) is 9.47 Å². The van der Waals surface area contributed by atoms with E-state index in [0.29, 0.717) is 26.2 Å². The van der Waals surface area contributed by atoms with E-state index in [1.807, 2.05) is 22.6 Å². The first-order chi connectivity index (χ1) is 12.9. The lowest BCUT2D eigenvalue weighted by Crippen LogP contribution is -2.34. The van der Waals surface area contributed by atoms with Crippen LogP contribution in [0.25, 0.3) is 0 Å². The van der Waals surface area contributed by atoms with E-state index in [9.17, 15) is 14.7 Å². The van der Waals surface area contributed by atoms with E-state index in [1.165, 1.54) is 32.6 Å². The van der Waals surface area contributed by atoms with Gasteiger partial charge in [0.1, 0.15) is 5.75 Å². The topological polar surface area (TPSA) is 109 Å². The van der Waals surface area contributed by atoms with Crippen LogP contribution in [0.3, 0.4) is 0 Å². The third-order valence-electron chi connectivity index (χ3n) is 3.43. The molecule has 0 heterocycles. The molecule has 0 saturated heterocycles. The van der Waals surface area contributed by atoms with Crippen molar-refractivity contribution in [2.45, 2.75) is 0 Å². The summed E-state index contributed by atoms with van der Waals surface area (Å²) in [5, 5.41) is 15.8. The zero-order valence-corrected chi connectivity index (χ0v) is 16.8. The summed E-state index contributed by atoms with van der Waals surface area (Å²) < 4.78 is 10.9. The van der Waals surface area contributed by atoms with Crippen LogP contribution < -0.4 is 20.2 Å². The van der Waals surface area contributed by atoms with Crippen LogP contribution in [0.5, 0.6) is 17.2 Å². The molecular weight excluding hydrogens is 465 g/mol. The number of nitrogens with zero attached hydrogens (tertiary/aromatic N) is 1. The van der Waals surface area contributed by atoms with E-state index in [0.717, 1.165) is 0 Å². The Bertz CT molecular complexity index is 870. The summed E-state index contributed by atoms with van der Waals surface area (Å²) in [7, 11) is 2.97. The van der Waals surface area contributed by atoms with Crippen LogP contribution in [-0.2, 0) is 4.79 Å². The molecule has 9 heteroatoms. The van der Waals surface area contributed by atoms with Crippen molar-refractivity contribution in [3.63, 3.8) is 0 Å². The Labute approximate surface area is 169 Å². The van der Waals surface area contributed by atoms with Gasteiger partial charge >= 0.3 is 0 Å². The second-order valence-electron chi connectivity index (χ2n) is 5.26. The average Bonchev–Trinajstić information content (AvgIpc) is 2.68. The van der Waals surface area contributed by atoms with E-state index in [1.54, 1.807) is 24.3 Å². The molecule has 0 fully saturated rings. The van der Waals surface area contributed by atoms with Gasteiger partial charge < -0.3 is 19.9 Å². The summed E-state index contributed by atoms with van der Waals surface area (Å²) in [6.07, 6.45) is 1.44. The van der Waals surface area contributed by atoms with Crippen molar-refractivity contribution in [2.75, 3.05) is 20.8 Å². The van der Waals surface area contributed by atoms with Gasteiger partial charge in [-0.2, -0.15) is 5.10 Å². The Hall–Kier alpha value is -2.82. The summed E-state index contributed by atoms with van der Waals surface area (Å²) in [6, 6.07) is 9.61. The second-order valence-corrected chi connectivity index (χ2v) is 6.42. The highest BCUT2D eigenvalue weighted by Gasteiger charge is 2.11. The van der Waals surface area contributed by atoms with E-state index < -0.39 is 11.8 Å². The number of carbonyl (C=O) groups excluding carboxylic acids is 2. The maximum atomic E-state index is 12.1. The van der Waals surface area contributed by atoms with Gasteiger partial charge in [-0.1, -0.05) is 0 Å². The van der Waals surface area contributed by atoms with Crippen molar-refractivity contribution in [3.05, 3.63) is 51.1 Å². The Kier molecular flexibility index (Phi) is 7.41. The number of nitrogens with one attached hydrogen (secondary N) is 2. The van der Waals surface area contributed by atoms with E-state index in [-0.39, 0.29) is 12.3 Å². The SMILES string of the molecule is COc1ccc(C(=O)NCC(=O)N/N=C/c2ccc(O)c(I)c2)cc1OC. The smallest absolute Gasteiger partial charge is 0.259 e. The number of aromatic hydroxyl groups is 1. The Morgan fingerprint density at radius 1 is 1.15 bits per heavy atom. The predicted molar refractivity (Wildman–Crippen MR) is 108 cm³/mol. The van der Waals surface area contributed by atoms with Crippen LogP contribution in [0.1, 0.15) is 15.9 Å². The molecule has 2 rings (SSSR count). The van der Waals surface area contributed by atoms with Crippen molar-refractivity contribution in [1.82, 2.24) is 10.7 Å². The number of hydrogen-bond acceptors (Lipinski definition) is 6. The van der Waals surface area contributed by atoms with Gasteiger partial charge in [0, 0.05) is 5.56 Å². The number of halogens is 1. The highest BCUT2D eigenvalue weighted by atomic mass is 127. The number of hydrogen-bond donors (Lipinski definition) is 3. The molecular formula is C18H18IN3O5. The summed E-state index contributed by atoms with van der Waals surface area (Å²) in [4.78, 5) is 23.9. The molecule has 27 heavy (non-hydrogen) atoms. The lowest BCUT2D eigenvalue weighted by Gasteiger charge is -2.09. The molecule has 0 aliphatic rings. The minimum atomic E-state index is -0.478. The van der Waals surface area contributed by atoms with Crippen LogP contribution in [0.15, 0.2) is 41.5 Å². The van der Waals surface area contributed by atoms with Crippen molar-refractivity contribution in [1.29, 1.82) is 0 Å². The summed E-state index contributed by atoms with van der Waals surface area (Å²) in [5.74, 6) is 0.194. The molecule has 0 aliphatic carbocycles. The zero-order valence-electron chi connectivity index (χ0n) is 14.7. The van der Waals surface area contributed by atoms with Crippen molar-refractivity contribution < 1.29 is 24.2 Å². The van der Waals surface area contributed by atoms with Gasteiger partial charge in [0.2, 0.25) is 0 Å². The molecule has 142 valence electrons. The Balaban J connectivity index is 1.86. The number of phenols is 1. The summed E-state index contributed by atoms with van der Waals surface area (Å²) in [6.45, 7) is -0.238. The van der Waals surface area contributed by atoms with Gasteiger partial charge in [-0.15, -0.1) is 0 Å². The molecule has 0 radical (unpaired) electrons. The molecule has 2 aromatic carbocycles. The fourth-order valence-corrected chi connectivity index (χ4v) is 2.60. The molecule has 0 spiro atoms. The summed E-state index contributed by atoms with van der Waals surface area (Å²) >= 11 is 1.99. The van der Waals surface area contributed by atoms with Crippen LogP contribution in [-0.4, -0.2) is 43.9 Å². The predicted octanol–water partition coefficient (Wildman–Crippen LogP) is 1.89. The average molecular weight is 483 g/mol. The lowest BCUT2D eigenvalue weighted by atomic mass is 10.2. The number of amides is 2. The minimum Gasteiger partial charge on any atom is -0.507 e. The normalized spacial score (nSPS) is 10.5. The zero-order chi connectivity index (χ0) is 19.8. The summed E-state index contributed by atoms with van der Waals surface area (Å²) in [5.41, 5.74) is 3.37. The number of phenolic OH excluding ortho intramolecular Hbond substituents is 1. The number of rotatable bonds is 7. The van der Waals surface area contributed by atoms with Gasteiger partial charge in [-0.25, -0.2) is 5.43 Å². The highest BCUT2D eigenvalue weighted by molar-refractivity contribution is 14.1. The van der Waals surface area contributed by atoms with Gasteiger partial charge in [-0.3, -0.25) is 9.59 Å². The van der Waals surface area contributed by atoms with Gasteiger partial charge in [0.05, 0.1) is 30.5 Å². The first kappa shape index (κ1) is 20.5. The molecule has 8 nitrogen and oxygen atoms in total. The number of ether oxygens (including phenoxy) is 2. The molecule has 0 aliphatic heterocycles. The van der Waals surface area contributed by atoms with Crippen molar-refractivity contribution >= 4 is 40.6 Å². The quantitative estimate of drug-likeness (QED) is 0.317. The fraction of sp³-hybridized carbons (Fsp3) is 0.167. The third kappa shape index (κ3) is 5.84. The monoisotopic (exact) mass is 483 g/mol. The standard InChI is InChI=1S/C18H18IN3O5/c1-26-15-6-4-12(8-16(15)27-2)18(25)20-10-17(24)22-21-9-11-3-5-14(23)13(19)7-11/h3-9,23H,10H2,1-2H3,(H,20,25)(H,22,24)/b21-9+. The largest absolute Gasteiger partial charge is 0.507 e. The molecule has 0 aromatic heterocycles. The van der Waals surface area contributed by atoms with Crippen LogP contribution in [0.4, 0.5) is 0 Å². The molecule has 0 unspecified atom stereocenters. The van der Waals surface area contributed by atoms with Crippen molar-refractivity contribution in [3.8, 4) is 17.2 Å². The molecule has 0 bridgehead atoms. The molecule has 2 amide bonds. The van der Waals surface area contributed by atoms with Crippen LogP contribution in [0.2, 0.25) is 0 Å². The molecule has 0 atom stereocenters. The Morgan fingerprint density at radius 2 is 1.89 bits per heavy atom. The number of methoxy groups -OCH3 is 2. The molecule has 3 N–H and O–H groups in total. The van der Waals surface area contributed by atoms with E-state index in [2.05, 4.69) is 15.8 Å². The maximum Gasteiger partial charge on any atom is 0.259 e. The first-order valence-electron chi connectivity index (χ1n) is 7.75. The highest BCUT2D eigenvalue weighted by Crippen LogP contribution is 2.27. The second kappa shape index (κ2) is 9.76. The maximum absolute atomic E-state index is 12.1. The number of carbonyl (C=O) groups is 2. The third-order valence-corrected chi connectivity index (χ3v) is 4.29.